The van der Waals surface area contributed by atoms with Crippen molar-refractivity contribution in [2.75, 3.05) is 25.6 Å². The van der Waals surface area contributed by atoms with Crippen molar-refractivity contribution in [1.29, 1.82) is 0 Å². The first-order chi connectivity index (χ1) is 6.65. The van der Waals surface area contributed by atoms with Crippen molar-refractivity contribution in [2.24, 2.45) is 0 Å². The largest absolute Gasteiger partial charge is 0.388 e. The summed E-state index contributed by atoms with van der Waals surface area (Å²) in [5.41, 5.74) is 2.34. The van der Waals surface area contributed by atoms with Gasteiger partial charge in [-0.1, -0.05) is 24.6 Å². The Kier molecular flexibility index (Phi) is 2.41. The van der Waals surface area contributed by atoms with Crippen molar-refractivity contribution in [3.05, 3.63) is 28.8 Å². The highest BCUT2D eigenvalue weighted by Gasteiger charge is 2.36. The van der Waals surface area contributed by atoms with Crippen molar-refractivity contribution in [1.82, 2.24) is 0 Å². The zero-order chi connectivity index (χ0) is 10.2. The number of nitrogens with one attached hydrogen (secondary N) is 1. The fraction of sp³-hybridized carbons (Fsp3) is 0.455. The van der Waals surface area contributed by atoms with Crippen LogP contribution in [0.1, 0.15) is 12.5 Å². The van der Waals surface area contributed by atoms with Crippen LogP contribution in [0.2, 0.25) is 5.02 Å². The van der Waals surface area contributed by atoms with Crippen molar-refractivity contribution >= 4 is 17.3 Å². The second-order valence-electron chi connectivity index (χ2n) is 4.00. The van der Waals surface area contributed by atoms with Crippen LogP contribution in [0.5, 0.6) is 0 Å². The number of rotatable bonds is 2. The number of halogens is 1. The van der Waals surface area contributed by atoms with Crippen LogP contribution >= 0.6 is 11.6 Å². The summed E-state index contributed by atoms with van der Waals surface area (Å²) in [7, 11) is 1.89. The second-order valence-corrected chi connectivity index (χ2v) is 4.41. The molecule has 1 heterocycles. The van der Waals surface area contributed by atoms with Crippen molar-refractivity contribution in [2.45, 2.75) is 12.3 Å². The van der Waals surface area contributed by atoms with Crippen molar-refractivity contribution in [3.8, 4) is 0 Å². The normalized spacial score (nSPS) is 18.8. The lowest BCUT2D eigenvalue weighted by atomic mass is 9.81. The number of anilines is 1. The summed E-state index contributed by atoms with van der Waals surface area (Å²) in [5.74, 6) is 0. The van der Waals surface area contributed by atoms with Gasteiger partial charge in [-0.25, -0.2) is 0 Å². The average Bonchev–Trinajstić information content (AvgIpc) is 2.14. The van der Waals surface area contributed by atoms with Gasteiger partial charge in [-0.15, -0.1) is 0 Å². The molecule has 2 rings (SSSR count). The molecule has 0 radical (unpaired) electrons. The third kappa shape index (κ3) is 1.49. The summed E-state index contributed by atoms with van der Waals surface area (Å²) in [5, 5.41) is 3.89. The van der Waals surface area contributed by atoms with E-state index in [0.29, 0.717) is 0 Å². The van der Waals surface area contributed by atoms with Crippen molar-refractivity contribution in [3.63, 3.8) is 0 Å². The molecule has 0 aromatic heterocycles. The maximum absolute atomic E-state index is 6.21. The van der Waals surface area contributed by atoms with Gasteiger partial charge in [0.1, 0.15) is 0 Å². The number of ether oxygens (including phenoxy) is 1. The van der Waals surface area contributed by atoms with E-state index in [0.717, 1.165) is 23.9 Å². The number of benzene rings is 1. The van der Waals surface area contributed by atoms with Crippen LogP contribution in [0.15, 0.2) is 18.2 Å². The molecule has 1 saturated heterocycles. The van der Waals surface area contributed by atoms with Gasteiger partial charge in [-0.05, 0) is 17.7 Å². The summed E-state index contributed by atoms with van der Waals surface area (Å²) in [4.78, 5) is 0. The summed E-state index contributed by atoms with van der Waals surface area (Å²) >= 11 is 6.21. The topological polar surface area (TPSA) is 21.3 Å². The van der Waals surface area contributed by atoms with E-state index in [1.165, 1.54) is 5.56 Å². The Bertz CT molecular complexity index is 347. The smallest absolute Gasteiger partial charge is 0.0583 e. The predicted octanol–water partition coefficient (Wildman–Crippen LogP) is 2.67. The fourth-order valence-corrected chi connectivity index (χ4v) is 2.13. The van der Waals surface area contributed by atoms with Crippen LogP contribution in [0.3, 0.4) is 0 Å². The van der Waals surface area contributed by atoms with Crippen LogP contribution in [-0.4, -0.2) is 20.3 Å². The third-order valence-electron chi connectivity index (χ3n) is 2.75. The monoisotopic (exact) mass is 211 g/mol. The Labute approximate surface area is 89.2 Å². The van der Waals surface area contributed by atoms with E-state index in [9.17, 15) is 0 Å². The van der Waals surface area contributed by atoms with E-state index in [4.69, 9.17) is 16.3 Å². The predicted molar refractivity (Wildman–Crippen MR) is 59.2 cm³/mol. The van der Waals surface area contributed by atoms with E-state index >= 15 is 0 Å². The third-order valence-corrected chi connectivity index (χ3v) is 3.06. The van der Waals surface area contributed by atoms with Crippen LogP contribution in [0, 0.1) is 0 Å². The Morgan fingerprint density at radius 3 is 2.57 bits per heavy atom. The Hall–Kier alpha value is -0.730. The van der Waals surface area contributed by atoms with Gasteiger partial charge in [-0.3, -0.25) is 0 Å². The highest BCUT2D eigenvalue weighted by atomic mass is 35.5. The van der Waals surface area contributed by atoms with Gasteiger partial charge >= 0.3 is 0 Å². The zero-order valence-corrected chi connectivity index (χ0v) is 9.19. The van der Waals surface area contributed by atoms with Crippen LogP contribution in [0.25, 0.3) is 0 Å². The lowest BCUT2D eigenvalue weighted by molar-refractivity contribution is -0.0499. The van der Waals surface area contributed by atoms with E-state index in [2.05, 4.69) is 18.3 Å². The molecule has 0 amide bonds. The van der Waals surface area contributed by atoms with Gasteiger partial charge in [0.2, 0.25) is 0 Å². The molecule has 1 aromatic rings. The van der Waals surface area contributed by atoms with Crippen molar-refractivity contribution < 1.29 is 4.74 Å². The molecule has 0 aliphatic carbocycles. The summed E-state index contributed by atoms with van der Waals surface area (Å²) in [6, 6.07) is 6.09. The standard InChI is InChI=1S/C11H14ClNO/c1-11(6-14-7-11)9-4-3-8(13-2)5-10(9)12/h3-5,13H,6-7H2,1-2H3. The highest BCUT2D eigenvalue weighted by Crippen LogP contribution is 2.37. The van der Waals surface area contributed by atoms with Gasteiger partial charge in [0.25, 0.3) is 0 Å². The van der Waals surface area contributed by atoms with Gasteiger partial charge in [0.15, 0.2) is 0 Å². The SMILES string of the molecule is CNc1ccc(C2(C)COC2)c(Cl)c1. The second kappa shape index (κ2) is 3.44. The van der Waals surface area contributed by atoms with Gasteiger partial charge in [0.05, 0.1) is 13.2 Å². The first-order valence-electron chi connectivity index (χ1n) is 4.71. The Morgan fingerprint density at radius 2 is 2.14 bits per heavy atom. The minimum absolute atomic E-state index is 0.114. The summed E-state index contributed by atoms with van der Waals surface area (Å²) in [6.07, 6.45) is 0. The molecule has 14 heavy (non-hydrogen) atoms. The molecular weight excluding hydrogens is 198 g/mol. The summed E-state index contributed by atoms with van der Waals surface area (Å²) in [6.45, 7) is 3.72. The molecule has 0 bridgehead atoms. The molecular formula is C11H14ClNO. The maximum atomic E-state index is 6.21. The maximum Gasteiger partial charge on any atom is 0.0583 e. The van der Waals surface area contributed by atoms with Gasteiger partial charge in [-0.2, -0.15) is 0 Å². The van der Waals surface area contributed by atoms with E-state index in [-0.39, 0.29) is 5.41 Å². The number of hydrogen-bond donors (Lipinski definition) is 1. The number of hydrogen-bond acceptors (Lipinski definition) is 2. The van der Waals surface area contributed by atoms with E-state index < -0.39 is 0 Å². The quantitative estimate of drug-likeness (QED) is 0.812. The lowest BCUT2D eigenvalue weighted by Crippen LogP contribution is -2.44. The molecule has 1 N–H and O–H groups in total. The molecule has 76 valence electrons. The molecule has 3 heteroatoms. The van der Waals surface area contributed by atoms with Crippen LogP contribution in [-0.2, 0) is 10.2 Å². The molecule has 1 aromatic carbocycles. The van der Waals surface area contributed by atoms with Gasteiger partial charge < -0.3 is 10.1 Å². The Balaban J connectivity index is 2.35. The molecule has 0 saturated carbocycles. The first kappa shape index (κ1) is 9.81. The summed E-state index contributed by atoms with van der Waals surface area (Å²) < 4.78 is 5.23. The van der Waals surface area contributed by atoms with Crippen LogP contribution in [0.4, 0.5) is 5.69 Å². The van der Waals surface area contributed by atoms with Gasteiger partial charge in [0, 0.05) is 23.2 Å². The zero-order valence-electron chi connectivity index (χ0n) is 8.43. The molecule has 2 nitrogen and oxygen atoms in total. The van der Waals surface area contributed by atoms with E-state index in [1.807, 2.05) is 19.2 Å². The van der Waals surface area contributed by atoms with E-state index in [1.54, 1.807) is 0 Å². The fourth-order valence-electron chi connectivity index (χ4n) is 1.72. The molecule has 0 unspecified atom stereocenters. The highest BCUT2D eigenvalue weighted by molar-refractivity contribution is 6.31. The molecule has 1 aliphatic heterocycles. The average molecular weight is 212 g/mol. The molecule has 0 spiro atoms. The molecule has 0 atom stereocenters. The Morgan fingerprint density at radius 1 is 1.43 bits per heavy atom. The van der Waals surface area contributed by atoms with Crippen LogP contribution < -0.4 is 5.32 Å². The first-order valence-corrected chi connectivity index (χ1v) is 5.09. The minimum Gasteiger partial charge on any atom is -0.388 e. The molecule has 1 aliphatic rings. The lowest BCUT2D eigenvalue weighted by Gasteiger charge is -2.39. The molecule has 1 fully saturated rings. The minimum atomic E-state index is 0.114.